The molecule has 1 aliphatic carbocycles. The number of benzene rings is 1. The quantitative estimate of drug-likeness (QED) is 0.662. The highest BCUT2D eigenvalue weighted by atomic mass is 16.5. The summed E-state index contributed by atoms with van der Waals surface area (Å²) in [6.07, 6.45) is 3.56. The fourth-order valence-corrected chi connectivity index (χ4v) is 4.46. The summed E-state index contributed by atoms with van der Waals surface area (Å²) >= 11 is 0. The molecule has 0 bridgehead atoms. The van der Waals surface area contributed by atoms with Crippen LogP contribution in [0.5, 0.6) is 5.75 Å². The first-order chi connectivity index (χ1) is 16.7. The van der Waals surface area contributed by atoms with Crippen molar-refractivity contribution in [2.24, 2.45) is 11.8 Å². The zero-order chi connectivity index (χ0) is 25.5. The summed E-state index contributed by atoms with van der Waals surface area (Å²) < 4.78 is 11.9. The monoisotopic (exact) mass is 488 g/mol. The number of urea groups is 1. The lowest BCUT2D eigenvalue weighted by molar-refractivity contribution is -0.142. The van der Waals surface area contributed by atoms with Gasteiger partial charge in [-0.05, 0) is 38.3 Å². The Kier molecular flexibility index (Phi) is 9.37. The minimum absolute atomic E-state index is 0.0360. The Bertz CT molecular complexity index is 904. The Labute approximate surface area is 208 Å². The number of hydrogen-bond donors (Lipinski definition) is 2. The Morgan fingerprint density at radius 3 is 2.57 bits per heavy atom. The molecule has 1 fully saturated rings. The average Bonchev–Trinajstić information content (AvgIpc) is 2.80. The van der Waals surface area contributed by atoms with Gasteiger partial charge in [0.1, 0.15) is 12.4 Å². The van der Waals surface area contributed by atoms with Crippen LogP contribution in [-0.2, 0) is 9.53 Å². The van der Waals surface area contributed by atoms with Gasteiger partial charge in [-0.2, -0.15) is 0 Å². The zero-order valence-electron chi connectivity index (χ0n) is 21.6. The van der Waals surface area contributed by atoms with Crippen molar-refractivity contribution in [1.82, 2.24) is 15.1 Å². The molecular formula is C26H40N4O5. The van der Waals surface area contributed by atoms with Crippen molar-refractivity contribution in [3.05, 3.63) is 23.8 Å². The van der Waals surface area contributed by atoms with Crippen LogP contribution in [0, 0.1) is 11.8 Å². The van der Waals surface area contributed by atoms with Crippen LogP contribution >= 0.6 is 0 Å². The van der Waals surface area contributed by atoms with Gasteiger partial charge >= 0.3 is 6.03 Å². The van der Waals surface area contributed by atoms with Crippen molar-refractivity contribution in [2.75, 3.05) is 45.7 Å². The molecule has 194 valence electrons. The second-order valence-corrected chi connectivity index (χ2v) is 9.81. The average molecular weight is 489 g/mol. The first kappa shape index (κ1) is 26.8. The van der Waals surface area contributed by atoms with Crippen molar-refractivity contribution >= 4 is 23.5 Å². The van der Waals surface area contributed by atoms with E-state index in [0.717, 1.165) is 25.7 Å². The van der Waals surface area contributed by atoms with Crippen LogP contribution < -0.4 is 15.4 Å². The maximum atomic E-state index is 13.3. The molecule has 0 radical (unpaired) electrons. The standard InChI is InChI=1S/C26H40N4O5/c1-6-12-27-26(33)28-20-10-11-21-22(13-20)35-16-18(3)30(24(31)19-8-7-9-19)14-17(2)23(34-5)15-29(4)25(21)32/h10-11,13,17-19,23H,6-9,12,14-16H2,1-5H3,(H2,27,28,33)/t17-,18+,23+/m1/s1. The molecule has 35 heavy (non-hydrogen) atoms. The summed E-state index contributed by atoms with van der Waals surface area (Å²) in [5, 5.41) is 5.56. The molecule has 2 aliphatic rings. The molecule has 9 nitrogen and oxygen atoms in total. The summed E-state index contributed by atoms with van der Waals surface area (Å²) in [7, 11) is 3.38. The number of ether oxygens (including phenoxy) is 2. The van der Waals surface area contributed by atoms with E-state index in [0.29, 0.717) is 36.6 Å². The number of rotatable bonds is 5. The van der Waals surface area contributed by atoms with Crippen LogP contribution in [0.2, 0.25) is 0 Å². The van der Waals surface area contributed by atoms with Crippen molar-refractivity contribution in [3.63, 3.8) is 0 Å². The molecule has 0 spiro atoms. The zero-order valence-corrected chi connectivity index (χ0v) is 21.6. The number of carbonyl (C=O) groups excluding carboxylic acids is 3. The predicted octanol–water partition coefficient (Wildman–Crippen LogP) is 3.35. The molecule has 9 heteroatoms. The molecule has 1 aliphatic heterocycles. The molecular weight excluding hydrogens is 448 g/mol. The van der Waals surface area contributed by atoms with Crippen LogP contribution in [-0.4, -0.2) is 80.2 Å². The maximum absolute atomic E-state index is 13.3. The molecule has 1 aromatic rings. The summed E-state index contributed by atoms with van der Waals surface area (Å²) in [6.45, 7) is 7.73. The van der Waals surface area contributed by atoms with E-state index in [1.165, 1.54) is 0 Å². The molecule has 1 aromatic carbocycles. The minimum atomic E-state index is -0.314. The smallest absolute Gasteiger partial charge is 0.319 e. The van der Waals surface area contributed by atoms with Crippen LogP contribution in [0.1, 0.15) is 56.8 Å². The first-order valence-electron chi connectivity index (χ1n) is 12.7. The third kappa shape index (κ3) is 6.66. The Hall–Kier alpha value is -2.81. The molecule has 4 amide bonds. The number of likely N-dealkylation sites (N-methyl/N-ethyl adjacent to an activating group) is 1. The fourth-order valence-electron chi connectivity index (χ4n) is 4.46. The van der Waals surface area contributed by atoms with Crippen molar-refractivity contribution < 1.29 is 23.9 Å². The van der Waals surface area contributed by atoms with Crippen molar-refractivity contribution in [1.29, 1.82) is 0 Å². The van der Waals surface area contributed by atoms with Gasteiger partial charge in [0, 0.05) is 57.4 Å². The summed E-state index contributed by atoms with van der Waals surface area (Å²) in [4.78, 5) is 42.3. The van der Waals surface area contributed by atoms with E-state index in [4.69, 9.17) is 9.47 Å². The Morgan fingerprint density at radius 1 is 1.20 bits per heavy atom. The van der Waals surface area contributed by atoms with Crippen molar-refractivity contribution in [2.45, 2.75) is 58.6 Å². The molecule has 0 unspecified atom stereocenters. The molecule has 2 N–H and O–H groups in total. The number of carbonyl (C=O) groups is 3. The van der Waals surface area contributed by atoms with E-state index in [1.54, 1.807) is 37.3 Å². The highest BCUT2D eigenvalue weighted by Crippen LogP contribution is 2.31. The van der Waals surface area contributed by atoms with Gasteiger partial charge in [0.05, 0.1) is 17.7 Å². The number of amides is 4. The molecule has 3 atom stereocenters. The lowest BCUT2D eigenvalue weighted by Gasteiger charge is -2.39. The van der Waals surface area contributed by atoms with E-state index >= 15 is 0 Å². The third-order valence-corrected chi connectivity index (χ3v) is 6.98. The maximum Gasteiger partial charge on any atom is 0.319 e. The minimum Gasteiger partial charge on any atom is -0.491 e. The second-order valence-electron chi connectivity index (χ2n) is 9.81. The van der Waals surface area contributed by atoms with Gasteiger partial charge in [0.15, 0.2) is 0 Å². The third-order valence-electron chi connectivity index (χ3n) is 6.98. The van der Waals surface area contributed by atoms with Crippen LogP contribution in [0.3, 0.4) is 0 Å². The van der Waals surface area contributed by atoms with E-state index < -0.39 is 0 Å². The Balaban J connectivity index is 1.90. The van der Waals surface area contributed by atoms with Gasteiger partial charge in [0.25, 0.3) is 5.91 Å². The Morgan fingerprint density at radius 2 is 1.94 bits per heavy atom. The first-order valence-corrected chi connectivity index (χ1v) is 12.7. The number of anilines is 1. The fraction of sp³-hybridized carbons (Fsp3) is 0.654. The molecule has 3 rings (SSSR count). The number of methoxy groups -OCH3 is 1. The van der Waals surface area contributed by atoms with E-state index in [1.807, 2.05) is 18.7 Å². The molecule has 0 saturated heterocycles. The lowest BCUT2D eigenvalue weighted by Crippen LogP contribution is -2.51. The number of fused-ring (bicyclic) bond motifs is 1. The van der Waals surface area contributed by atoms with Gasteiger partial charge in [-0.25, -0.2) is 4.79 Å². The van der Waals surface area contributed by atoms with E-state index in [2.05, 4.69) is 17.6 Å². The number of hydrogen-bond acceptors (Lipinski definition) is 5. The van der Waals surface area contributed by atoms with Crippen LogP contribution in [0.4, 0.5) is 10.5 Å². The van der Waals surface area contributed by atoms with E-state index in [-0.39, 0.29) is 48.4 Å². The van der Waals surface area contributed by atoms with Gasteiger partial charge < -0.3 is 29.9 Å². The normalized spacial score (nSPS) is 23.8. The van der Waals surface area contributed by atoms with Crippen molar-refractivity contribution in [3.8, 4) is 5.75 Å². The highest BCUT2D eigenvalue weighted by molar-refractivity contribution is 5.98. The molecule has 0 aromatic heterocycles. The van der Waals surface area contributed by atoms with Crippen LogP contribution in [0.25, 0.3) is 0 Å². The van der Waals surface area contributed by atoms with Gasteiger partial charge in [-0.15, -0.1) is 0 Å². The molecule has 1 saturated carbocycles. The topological polar surface area (TPSA) is 100 Å². The number of nitrogens with zero attached hydrogens (tertiary/aromatic N) is 2. The van der Waals surface area contributed by atoms with Gasteiger partial charge in [0.2, 0.25) is 5.91 Å². The number of nitrogens with one attached hydrogen (secondary N) is 2. The van der Waals surface area contributed by atoms with Gasteiger partial charge in [-0.3, -0.25) is 9.59 Å². The second kappa shape index (κ2) is 12.2. The highest BCUT2D eigenvalue weighted by Gasteiger charge is 2.35. The van der Waals surface area contributed by atoms with Gasteiger partial charge in [-0.1, -0.05) is 20.3 Å². The van der Waals surface area contributed by atoms with E-state index in [9.17, 15) is 14.4 Å². The lowest BCUT2D eigenvalue weighted by atomic mass is 9.83. The SMILES string of the molecule is CCCNC(=O)Nc1ccc2c(c1)OC[C@H](C)N(C(=O)C1CCC1)C[C@@H](C)[C@@H](OC)CN(C)C2=O. The summed E-state index contributed by atoms with van der Waals surface area (Å²) in [6, 6.07) is 4.53. The summed E-state index contributed by atoms with van der Waals surface area (Å²) in [5.41, 5.74) is 0.928. The molecule has 1 heterocycles. The van der Waals surface area contributed by atoms with Crippen LogP contribution in [0.15, 0.2) is 18.2 Å². The largest absolute Gasteiger partial charge is 0.491 e. The summed E-state index contributed by atoms with van der Waals surface area (Å²) in [5.74, 6) is 0.465. The predicted molar refractivity (Wildman–Crippen MR) is 135 cm³/mol.